The molecule has 0 unspecified atom stereocenters. The van der Waals surface area contributed by atoms with Crippen molar-refractivity contribution in [3.05, 3.63) is 54.3 Å². The van der Waals surface area contributed by atoms with Gasteiger partial charge in [-0.15, -0.1) is 0 Å². The van der Waals surface area contributed by atoms with E-state index in [0.29, 0.717) is 24.5 Å². The van der Waals surface area contributed by atoms with Gasteiger partial charge in [0.15, 0.2) is 0 Å². The molecule has 2 aromatic rings. The first-order valence-corrected chi connectivity index (χ1v) is 9.79. The summed E-state index contributed by atoms with van der Waals surface area (Å²) in [6, 6.07) is 11.8. The number of rotatable bonds is 6. The SMILES string of the molecule is O=C(CNc1ccc(S(=O)(=O)N2CCCC2)cc1)Nc1ccc(F)cc1. The highest BCUT2D eigenvalue weighted by atomic mass is 32.2. The molecule has 1 fully saturated rings. The molecule has 138 valence electrons. The molecule has 0 spiro atoms. The van der Waals surface area contributed by atoms with Gasteiger partial charge in [-0.2, -0.15) is 4.31 Å². The lowest BCUT2D eigenvalue weighted by atomic mass is 10.3. The molecular formula is C18H20FN3O3S. The molecule has 0 saturated carbocycles. The lowest BCUT2D eigenvalue weighted by Gasteiger charge is -2.15. The van der Waals surface area contributed by atoms with Crippen molar-refractivity contribution < 1.29 is 17.6 Å². The minimum absolute atomic E-state index is 0.00952. The van der Waals surface area contributed by atoms with Crippen LogP contribution in [-0.2, 0) is 14.8 Å². The molecule has 2 aromatic carbocycles. The number of benzene rings is 2. The van der Waals surface area contributed by atoms with E-state index in [1.54, 1.807) is 12.1 Å². The van der Waals surface area contributed by atoms with Crippen molar-refractivity contribution in [1.82, 2.24) is 4.31 Å². The van der Waals surface area contributed by atoms with Crippen LogP contribution in [0.15, 0.2) is 53.4 Å². The van der Waals surface area contributed by atoms with Crippen molar-refractivity contribution in [1.29, 1.82) is 0 Å². The fourth-order valence-corrected chi connectivity index (χ4v) is 4.26. The maximum absolute atomic E-state index is 12.8. The Morgan fingerprint density at radius 1 is 0.962 bits per heavy atom. The molecule has 1 heterocycles. The highest BCUT2D eigenvalue weighted by molar-refractivity contribution is 7.89. The van der Waals surface area contributed by atoms with Crippen molar-refractivity contribution in [2.75, 3.05) is 30.3 Å². The third-order valence-corrected chi connectivity index (χ3v) is 6.05. The fourth-order valence-electron chi connectivity index (χ4n) is 2.74. The van der Waals surface area contributed by atoms with Crippen LogP contribution in [0.4, 0.5) is 15.8 Å². The van der Waals surface area contributed by atoms with Crippen LogP contribution in [0.1, 0.15) is 12.8 Å². The summed E-state index contributed by atoms with van der Waals surface area (Å²) in [6.45, 7) is 1.13. The smallest absolute Gasteiger partial charge is 0.243 e. The predicted molar refractivity (Wildman–Crippen MR) is 98.0 cm³/mol. The van der Waals surface area contributed by atoms with E-state index in [0.717, 1.165) is 12.8 Å². The first-order valence-electron chi connectivity index (χ1n) is 8.35. The second kappa shape index (κ2) is 7.84. The largest absolute Gasteiger partial charge is 0.376 e. The summed E-state index contributed by atoms with van der Waals surface area (Å²) in [4.78, 5) is 12.2. The Morgan fingerprint density at radius 3 is 2.15 bits per heavy atom. The first kappa shape index (κ1) is 18.3. The fraction of sp³-hybridized carbons (Fsp3) is 0.278. The van der Waals surface area contributed by atoms with Gasteiger partial charge in [-0.05, 0) is 61.4 Å². The molecule has 3 rings (SSSR count). The Morgan fingerprint density at radius 2 is 1.54 bits per heavy atom. The summed E-state index contributed by atoms with van der Waals surface area (Å²) in [7, 11) is -3.44. The summed E-state index contributed by atoms with van der Waals surface area (Å²) in [5.74, 6) is -0.657. The Kier molecular flexibility index (Phi) is 5.53. The van der Waals surface area contributed by atoms with Crippen LogP contribution >= 0.6 is 0 Å². The van der Waals surface area contributed by atoms with Crippen LogP contribution in [0.5, 0.6) is 0 Å². The lowest BCUT2D eigenvalue weighted by Crippen LogP contribution is -2.27. The monoisotopic (exact) mass is 377 g/mol. The number of halogens is 1. The van der Waals surface area contributed by atoms with Crippen molar-refractivity contribution in [2.24, 2.45) is 0 Å². The van der Waals surface area contributed by atoms with E-state index in [9.17, 15) is 17.6 Å². The number of sulfonamides is 1. The Bertz CT molecular complexity index is 862. The number of amides is 1. The van der Waals surface area contributed by atoms with Crippen LogP contribution in [0.2, 0.25) is 0 Å². The number of anilines is 2. The van der Waals surface area contributed by atoms with Gasteiger partial charge in [0, 0.05) is 24.5 Å². The van der Waals surface area contributed by atoms with Gasteiger partial charge in [0.1, 0.15) is 5.82 Å². The number of nitrogens with one attached hydrogen (secondary N) is 2. The summed E-state index contributed by atoms with van der Waals surface area (Å²) < 4.78 is 39.2. The number of nitrogens with zero attached hydrogens (tertiary/aromatic N) is 1. The molecule has 1 aliphatic rings. The summed E-state index contributed by atoms with van der Waals surface area (Å²) in [5, 5.41) is 5.57. The van der Waals surface area contributed by atoms with Crippen molar-refractivity contribution >= 4 is 27.3 Å². The van der Waals surface area contributed by atoms with Crippen LogP contribution < -0.4 is 10.6 Å². The molecular weight excluding hydrogens is 357 g/mol. The highest BCUT2D eigenvalue weighted by Gasteiger charge is 2.26. The molecule has 8 heteroatoms. The number of hydrogen-bond donors (Lipinski definition) is 2. The van der Waals surface area contributed by atoms with Gasteiger partial charge < -0.3 is 10.6 Å². The minimum Gasteiger partial charge on any atom is -0.376 e. The van der Waals surface area contributed by atoms with Gasteiger partial charge in [-0.1, -0.05) is 0 Å². The maximum Gasteiger partial charge on any atom is 0.243 e. The second-order valence-electron chi connectivity index (χ2n) is 6.04. The van der Waals surface area contributed by atoms with E-state index >= 15 is 0 Å². The molecule has 26 heavy (non-hydrogen) atoms. The summed E-state index contributed by atoms with van der Waals surface area (Å²) in [5.41, 5.74) is 1.14. The van der Waals surface area contributed by atoms with Gasteiger partial charge in [0.2, 0.25) is 15.9 Å². The van der Waals surface area contributed by atoms with E-state index in [-0.39, 0.29) is 23.2 Å². The average molecular weight is 377 g/mol. The van der Waals surface area contributed by atoms with Crippen LogP contribution in [0, 0.1) is 5.82 Å². The van der Waals surface area contributed by atoms with Gasteiger partial charge in [-0.3, -0.25) is 4.79 Å². The molecule has 0 atom stereocenters. The summed E-state index contributed by atoms with van der Waals surface area (Å²) in [6.07, 6.45) is 1.78. The minimum atomic E-state index is -3.44. The van der Waals surface area contributed by atoms with E-state index in [1.807, 2.05) is 0 Å². The van der Waals surface area contributed by atoms with Crippen molar-refractivity contribution in [2.45, 2.75) is 17.7 Å². The zero-order valence-corrected chi connectivity index (χ0v) is 14.9. The van der Waals surface area contributed by atoms with Crippen LogP contribution in [0.3, 0.4) is 0 Å². The van der Waals surface area contributed by atoms with E-state index in [1.165, 1.54) is 40.7 Å². The number of carbonyl (C=O) groups excluding carboxylic acids is 1. The summed E-state index contributed by atoms with van der Waals surface area (Å²) >= 11 is 0. The number of carbonyl (C=O) groups is 1. The maximum atomic E-state index is 12.8. The number of hydrogen-bond acceptors (Lipinski definition) is 4. The van der Waals surface area contributed by atoms with Crippen LogP contribution in [0.25, 0.3) is 0 Å². The zero-order valence-electron chi connectivity index (χ0n) is 14.1. The van der Waals surface area contributed by atoms with Gasteiger partial charge in [-0.25, -0.2) is 12.8 Å². The predicted octanol–water partition coefficient (Wildman–Crippen LogP) is 2.66. The van der Waals surface area contributed by atoms with Gasteiger partial charge in [0.05, 0.1) is 11.4 Å². The third kappa shape index (κ3) is 4.39. The average Bonchev–Trinajstić information content (AvgIpc) is 3.18. The molecule has 1 aliphatic heterocycles. The molecule has 0 bridgehead atoms. The second-order valence-corrected chi connectivity index (χ2v) is 7.98. The Balaban J connectivity index is 1.55. The molecule has 0 radical (unpaired) electrons. The molecule has 0 aromatic heterocycles. The van der Waals surface area contributed by atoms with E-state index in [2.05, 4.69) is 10.6 Å². The highest BCUT2D eigenvalue weighted by Crippen LogP contribution is 2.22. The normalized spacial score (nSPS) is 15.0. The van der Waals surface area contributed by atoms with E-state index < -0.39 is 10.0 Å². The lowest BCUT2D eigenvalue weighted by molar-refractivity contribution is -0.114. The van der Waals surface area contributed by atoms with Gasteiger partial charge >= 0.3 is 0 Å². The molecule has 6 nitrogen and oxygen atoms in total. The molecule has 0 aliphatic carbocycles. The molecule has 1 amide bonds. The van der Waals surface area contributed by atoms with Crippen molar-refractivity contribution in [3.63, 3.8) is 0 Å². The quantitative estimate of drug-likeness (QED) is 0.811. The molecule has 1 saturated heterocycles. The van der Waals surface area contributed by atoms with Gasteiger partial charge in [0.25, 0.3) is 0 Å². The van der Waals surface area contributed by atoms with Crippen LogP contribution in [-0.4, -0.2) is 38.3 Å². The topological polar surface area (TPSA) is 78.5 Å². The van der Waals surface area contributed by atoms with E-state index in [4.69, 9.17) is 0 Å². The molecule has 2 N–H and O–H groups in total. The zero-order chi connectivity index (χ0) is 18.6. The first-order chi connectivity index (χ1) is 12.4. The Labute approximate surface area is 152 Å². The van der Waals surface area contributed by atoms with Crippen molar-refractivity contribution in [3.8, 4) is 0 Å². The standard InChI is InChI=1S/C18H20FN3O3S/c19-14-3-5-16(6-4-14)21-18(23)13-20-15-7-9-17(10-8-15)26(24,25)22-11-1-2-12-22/h3-10,20H,1-2,11-13H2,(H,21,23). The Hall–Kier alpha value is -2.45. The third-order valence-electron chi connectivity index (χ3n) is 4.14.